The molecule has 0 saturated carbocycles. The predicted molar refractivity (Wildman–Crippen MR) is 97.0 cm³/mol. The Kier molecular flexibility index (Phi) is 6.63. The van der Waals surface area contributed by atoms with E-state index in [-0.39, 0.29) is 28.8 Å². The standard InChI is InChI=1S/C17H20ClF3N2O2S/c1-11(2)7-13-8-16(25,17(19,20)21)23(22-13)15(24)10-26-9-12-5-3-4-6-14(12)18/h3-6,11,25H,7-10H2,1-2H3. The minimum absolute atomic E-state index is 0.0656. The summed E-state index contributed by atoms with van der Waals surface area (Å²) in [5.41, 5.74) is -2.33. The fourth-order valence-corrected chi connectivity index (χ4v) is 3.76. The second-order valence-corrected chi connectivity index (χ2v) is 7.94. The average Bonchev–Trinajstić information content (AvgIpc) is 2.86. The first kappa shape index (κ1) is 21.1. The first-order valence-corrected chi connectivity index (χ1v) is 9.57. The van der Waals surface area contributed by atoms with Gasteiger partial charge in [0.25, 0.3) is 11.6 Å². The molecule has 1 atom stereocenters. The highest BCUT2D eigenvalue weighted by Gasteiger charge is 2.62. The molecular weight excluding hydrogens is 389 g/mol. The van der Waals surface area contributed by atoms with Crippen LogP contribution in [0.4, 0.5) is 13.2 Å². The summed E-state index contributed by atoms with van der Waals surface area (Å²) < 4.78 is 40.1. The van der Waals surface area contributed by atoms with Gasteiger partial charge in [-0.05, 0) is 24.0 Å². The maximum atomic E-state index is 13.4. The number of benzene rings is 1. The highest BCUT2D eigenvalue weighted by molar-refractivity contribution is 7.99. The summed E-state index contributed by atoms with van der Waals surface area (Å²) in [6.45, 7) is 3.66. The predicted octanol–water partition coefficient (Wildman–Crippen LogP) is 4.46. The lowest BCUT2D eigenvalue weighted by Crippen LogP contribution is -2.57. The van der Waals surface area contributed by atoms with E-state index in [1.165, 1.54) is 0 Å². The first-order chi connectivity index (χ1) is 12.0. The molecule has 1 unspecified atom stereocenters. The van der Waals surface area contributed by atoms with Crippen molar-refractivity contribution in [3.8, 4) is 0 Å². The molecule has 9 heteroatoms. The van der Waals surface area contributed by atoms with Crippen LogP contribution in [0.25, 0.3) is 0 Å². The summed E-state index contributed by atoms with van der Waals surface area (Å²) in [5.74, 6) is -0.703. The van der Waals surface area contributed by atoms with E-state index in [1.807, 2.05) is 13.8 Å². The number of aliphatic hydroxyl groups is 1. The topological polar surface area (TPSA) is 52.9 Å². The van der Waals surface area contributed by atoms with Gasteiger partial charge in [-0.3, -0.25) is 4.79 Å². The molecule has 2 rings (SSSR count). The van der Waals surface area contributed by atoms with Gasteiger partial charge in [-0.2, -0.15) is 23.3 Å². The SMILES string of the molecule is CC(C)CC1=NN(C(=O)CSCc2ccccc2Cl)C(O)(C(F)(F)F)C1. The Balaban J connectivity index is 2.08. The molecule has 4 nitrogen and oxygen atoms in total. The van der Waals surface area contributed by atoms with Crippen LogP contribution in [0, 0.1) is 5.92 Å². The number of rotatable bonds is 6. The number of hydrazone groups is 1. The lowest BCUT2D eigenvalue weighted by atomic mass is 9.99. The number of thioether (sulfide) groups is 1. The van der Waals surface area contributed by atoms with Gasteiger partial charge in [0.05, 0.1) is 5.75 Å². The second kappa shape index (κ2) is 8.19. The molecule has 0 radical (unpaired) electrons. The van der Waals surface area contributed by atoms with E-state index in [9.17, 15) is 23.1 Å². The van der Waals surface area contributed by atoms with Crippen molar-refractivity contribution < 1.29 is 23.1 Å². The van der Waals surface area contributed by atoms with Crippen LogP contribution in [0.2, 0.25) is 5.02 Å². The molecule has 144 valence electrons. The molecule has 0 aromatic heterocycles. The largest absolute Gasteiger partial charge is 0.438 e. The van der Waals surface area contributed by atoms with Crippen molar-refractivity contribution in [3.05, 3.63) is 34.9 Å². The molecule has 1 aromatic rings. The van der Waals surface area contributed by atoms with Gasteiger partial charge in [-0.25, -0.2) is 0 Å². The lowest BCUT2D eigenvalue weighted by Gasteiger charge is -2.32. The third kappa shape index (κ3) is 4.72. The third-order valence-electron chi connectivity index (χ3n) is 3.82. The molecule has 1 aliphatic heterocycles. The fraction of sp³-hybridized carbons (Fsp3) is 0.529. The van der Waals surface area contributed by atoms with E-state index in [0.717, 1.165) is 17.3 Å². The Bertz CT molecular complexity index is 697. The monoisotopic (exact) mass is 408 g/mol. The van der Waals surface area contributed by atoms with E-state index in [0.29, 0.717) is 10.8 Å². The van der Waals surface area contributed by atoms with E-state index in [1.54, 1.807) is 24.3 Å². The lowest BCUT2D eigenvalue weighted by molar-refractivity contribution is -0.301. The Morgan fingerprint density at radius 3 is 2.65 bits per heavy atom. The van der Waals surface area contributed by atoms with E-state index in [2.05, 4.69) is 5.10 Å². The summed E-state index contributed by atoms with van der Waals surface area (Å²) in [4.78, 5) is 12.3. The molecule has 1 aliphatic rings. The smallest absolute Gasteiger partial charge is 0.362 e. The minimum atomic E-state index is -4.99. The number of nitrogens with zero attached hydrogens (tertiary/aromatic N) is 2. The van der Waals surface area contributed by atoms with Crippen LogP contribution >= 0.6 is 23.4 Å². The van der Waals surface area contributed by atoms with Crippen LogP contribution in [-0.2, 0) is 10.5 Å². The number of amides is 1. The Morgan fingerprint density at radius 1 is 1.42 bits per heavy atom. The van der Waals surface area contributed by atoms with Crippen molar-refractivity contribution in [1.82, 2.24) is 5.01 Å². The zero-order valence-corrected chi connectivity index (χ0v) is 16.0. The number of carbonyl (C=O) groups is 1. The molecular formula is C17H20ClF3N2O2S. The van der Waals surface area contributed by atoms with Gasteiger partial charge in [0, 0.05) is 22.9 Å². The molecule has 1 heterocycles. The van der Waals surface area contributed by atoms with Crippen molar-refractivity contribution in [2.24, 2.45) is 11.0 Å². The number of alkyl halides is 3. The van der Waals surface area contributed by atoms with Gasteiger partial charge in [0.15, 0.2) is 0 Å². The van der Waals surface area contributed by atoms with Crippen molar-refractivity contribution in [3.63, 3.8) is 0 Å². The number of hydrogen-bond donors (Lipinski definition) is 1. The fourth-order valence-electron chi connectivity index (χ4n) is 2.61. The molecule has 1 amide bonds. The van der Waals surface area contributed by atoms with Crippen LogP contribution < -0.4 is 0 Å². The van der Waals surface area contributed by atoms with Gasteiger partial charge in [-0.15, -0.1) is 11.8 Å². The molecule has 0 spiro atoms. The second-order valence-electron chi connectivity index (χ2n) is 6.55. The summed E-state index contributed by atoms with van der Waals surface area (Å²) >= 11 is 7.14. The van der Waals surface area contributed by atoms with Crippen molar-refractivity contribution >= 4 is 35.0 Å². The average molecular weight is 409 g/mol. The van der Waals surface area contributed by atoms with Crippen LogP contribution in [0.15, 0.2) is 29.4 Å². The van der Waals surface area contributed by atoms with Gasteiger partial charge in [0.2, 0.25) is 0 Å². The maximum absolute atomic E-state index is 13.4. The van der Waals surface area contributed by atoms with Gasteiger partial charge in [-0.1, -0.05) is 43.6 Å². The summed E-state index contributed by atoms with van der Waals surface area (Å²) in [6.07, 6.45) is -5.41. The van der Waals surface area contributed by atoms with Crippen LogP contribution in [0.3, 0.4) is 0 Å². The Morgan fingerprint density at radius 2 is 2.08 bits per heavy atom. The van der Waals surface area contributed by atoms with E-state index < -0.39 is 24.2 Å². The third-order valence-corrected chi connectivity index (χ3v) is 5.15. The highest BCUT2D eigenvalue weighted by Crippen LogP contribution is 2.41. The van der Waals surface area contributed by atoms with E-state index >= 15 is 0 Å². The van der Waals surface area contributed by atoms with Crippen molar-refractivity contribution in [2.75, 3.05) is 5.75 Å². The quantitative estimate of drug-likeness (QED) is 0.756. The number of halogens is 4. The highest BCUT2D eigenvalue weighted by atomic mass is 35.5. The number of hydrogen-bond acceptors (Lipinski definition) is 4. The van der Waals surface area contributed by atoms with Gasteiger partial charge < -0.3 is 5.11 Å². The van der Waals surface area contributed by atoms with Crippen molar-refractivity contribution in [1.29, 1.82) is 0 Å². The van der Waals surface area contributed by atoms with Gasteiger partial charge >= 0.3 is 6.18 Å². The normalized spacial score (nSPS) is 20.6. The first-order valence-electron chi connectivity index (χ1n) is 8.04. The molecule has 0 saturated heterocycles. The molecule has 0 aliphatic carbocycles. The summed E-state index contributed by atoms with van der Waals surface area (Å²) in [5, 5.41) is 14.6. The number of carbonyl (C=O) groups excluding carboxylic acids is 1. The van der Waals surface area contributed by atoms with E-state index in [4.69, 9.17) is 11.6 Å². The Labute approximate surface area is 159 Å². The summed E-state index contributed by atoms with van der Waals surface area (Å²) in [6, 6.07) is 7.03. The zero-order chi connectivity index (χ0) is 19.5. The summed E-state index contributed by atoms with van der Waals surface area (Å²) in [7, 11) is 0. The van der Waals surface area contributed by atoms with Crippen molar-refractivity contribution in [2.45, 2.75) is 44.3 Å². The minimum Gasteiger partial charge on any atom is -0.362 e. The maximum Gasteiger partial charge on any atom is 0.438 e. The molecule has 0 bridgehead atoms. The molecule has 0 fully saturated rings. The van der Waals surface area contributed by atoms with Crippen LogP contribution in [0.5, 0.6) is 0 Å². The molecule has 1 N–H and O–H groups in total. The molecule has 26 heavy (non-hydrogen) atoms. The van der Waals surface area contributed by atoms with Crippen LogP contribution in [0.1, 0.15) is 32.3 Å². The van der Waals surface area contributed by atoms with Crippen LogP contribution in [-0.4, -0.2) is 39.4 Å². The molecule has 1 aromatic carbocycles. The zero-order valence-electron chi connectivity index (χ0n) is 14.4. The van der Waals surface area contributed by atoms with Gasteiger partial charge in [0.1, 0.15) is 0 Å². The Hall–Kier alpha value is -1.25.